The van der Waals surface area contributed by atoms with Gasteiger partial charge in [-0.1, -0.05) is 12.5 Å². The summed E-state index contributed by atoms with van der Waals surface area (Å²) in [6, 6.07) is 12.0. The molecular weight excluding hydrogens is 386 g/mol. The van der Waals surface area contributed by atoms with E-state index < -0.39 is 16.1 Å². The maximum atomic E-state index is 12.7. The first kappa shape index (κ1) is 21.3. The van der Waals surface area contributed by atoms with Crippen molar-refractivity contribution in [3.63, 3.8) is 0 Å². The lowest BCUT2D eigenvalue weighted by Gasteiger charge is -2.25. The zero-order valence-corrected chi connectivity index (χ0v) is 18.1. The highest BCUT2D eigenvalue weighted by Gasteiger charge is 2.25. The molecule has 1 saturated heterocycles. The fourth-order valence-corrected chi connectivity index (χ4v) is 5.11. The monoisotopic (exact) mass is 415 g/mol. The number of hydrogen-bond acceptors (Lipinski definition) is 4. The SMILES string of the molecule is Cc1cc(C)cc(NC(C)C(=O)Nc2ccc(S(=O)(=O)N3CCCCC3)cc2)c1. The van der Waals surface area contributed by atoms with Crippen molar-refractivity contribution in [3.05, 3.63) is 53.6 Å². The molecule has 1 amide bonds. The van der Waals surface area contributed by atoms with Gasteiger partial charge in [-0.25, -0.2) is 8.42 Å². The van der Waals surface area contributed by atoms with Crippen LogP contribution >= 0.6 is 0 Å². The Bertz CT molecular complexity index is 945. The highest BCUT2D eigenvalue weighted by Crippen LogP contribution is 2.22. The molecule has 0 aromatic heterocycles. The summed E-state index contributed by atoms with van der Waals surface area (Å²) in [5.41, 5.74) is 3.73. The number of hydrogen-bond donors (Lipinski definition) is 2. The van der Waals surface area contributed by atoms with Crippen LogP contribution in [0.25, 0.3) is 0 Å². The van der Waals surface area contributed by atoms with Gasteiger partial charge in [0.1, 0.15) is 6.04 Å². The maximum Gasteiger partial charge on any atom is 0.246 e. The van der Waals surface area contributed by atoms with E-state index in [1.807, 2.05) is 26.0 Å². The second kappa shape index (κ2) is 8.97. The van der Waals surface area contributed by atoms with E-state index in [4.69, 9.17) is 0 Å². The zero-order chi connectivity index (χ0) is 21.0. The van der Waals surface area contributed by atoms with Crippen LogP contribution in [0.4, 0.5) is 11.4 Å². The summed E-state index contributed by atoms with van der Waals surface area (Å²) in [7, 11) is -3.46. The van der Waals surface area contributed by atoms with Crippen LogP contribution in [0.5, 0.6) is 0 Å². The van der Waals surface area contributed by atoms with E-state index in [1.165, 1.54) is 0 Å². The molecule has 0 saturated carbocycles. The predicted molar refractivity (Wildman–Crippen MR) is 117 cm³/mol. The van der Waals surface area contributed by atoms with Crippen LogP contribution in [0.1, 0.15) is 37.3 Å². The van der Waals surface area contributed by atoms with E-state index in [0.717, 1.165) is 36.1 Å². The molecule has 1 unspecified atom stereocenters. The molecule has 2 N–H and O–H groups in total. The number of rotatable bonds is 6. The third kappa shape index (κ3) is 5.36. The number of carbonyl (C=O) groups is 1. The number of piperidine rings is 1. The Morgan fingerprint density at radius 3 is 2.10 bits per heavy atom. The van der Waals surface area contributed by atoms with Crippen molar-refractivity contribution in [1.82, 2.24) is 4.31 Å². The Morgan fingerprint density at radius 2 is 1.52 bits per heavy atom. The van der Waals surface area contributed by atoms with Gasteiger partial charge in [0.25, 0.3) is 0 Å². The Hall–Kier alpha value is -2.38. The molecular formula is C22H29N3O3S. The number of nitrogens with zero attached hydrogens (tertiary/aromatic N) is 1. The van der Waals surface area contributed by atoms with Crippen molar-refractivity contribution in [2.75, 3.05) is 23.7 Å². The number of anilines is 2. The smallest absolute Gasteiger partial charge is 0.246 e. The summed E-state index contributed by atoms with van der Waals surface area (Å²) < 4.78 is 27.0. The van der Waals surface area contributed by atoms with E-state index >= 15 is 0 Å². The van der Waals surface area contributed by atoms with Crippen molar-refractivity contribution in [2.45, 2.75) is 51.0 Å². The summed E-state index contributed by atoms with van der Waals surface area (Å²) in [5.74, 6) is -0.184. The van der Waals surface area contributed by atoms with Gasteiger partial charge in [-0.15, -0.1) is 0 Å². The Kier molecular flexibility index (Phi) is 6.59. The Morgan fingerprint density at radius 1 is 0.931 bits per heavy atom. The zero-order valence-electron chi connectivity index (χ0n) is 17.2. The van der Waals surface area contributed by atoms with Gasteiger partial charge in [0.05, 0.1) is 4.90 Å². The van der Waals surface area contributed by atoms with E-state index in [9.17, 15) is 13.2 Å². The van der Waals surface area contributed by atoms with Crippen LogP contribution in [0.15, 0.2) is 47.4 Å². The third-order valence-electron chi connectivity index (χ3n) is 5.07. The highest BCUT2D eigenvalue weighted by atomic mass is 32.2. The minimum atomic E-state index is -3.46. The third-order valence-corrected chi connectivity index (χ3v) is 6.99. The summed E-state index contributed by atoms with van der Waals surface area (Å²) in [6.45, 7) is 6.97. The van der Waals surface area contributed by atoms with Crippen LogP contribution in [0.3, 0.4) is 0 Å². The van der Waals surface area contributed by atoms with Gasteiger partial charge in [-0.2, -0.15) is 4.31 Å². The molecule has 1 heterocycles. The summed E-state index contributed by atoms with van der Waals surface area (Å²) in [4.78, 5) is 12.8. The van der Waals surface area contributed by atoms with Gasteiger partial charge in [-0.3, -0.25) is 4.79 Å². The first-order valence-electron chi connectivity index (χ1n) is 10.0. The Balaban J connectivity index is 1.63. The number of amides is 1. The van der Waals surface area contributed by atoms with Gasteiger partial charge < -0.3 is 10.6 Å². The molecule has 2 aromatic carbocycles. The maximum absolute atomic E-state index is 12.7. The molecule has 0 aliphatic carbocycles. The molecule has 1 atom stereocenters. The van der Waals surface area contributed by atoms with Crippen LogP contribution in [-0.4, -0.2) is 37.8 Å². The second-order valence-electron chi connectivity index (χ2n) is 7.72. The number of benzene rings is 2. The first-order chi connectivity index (χ1) is 13.8. The van der Waals surface area contributed by atoms with Crippen molar-refractivity contribution in [1.29, 1.82) is 0 Å². The van der Waals surface area contributed by atoms with Crippen molar-refractivity contribution in [3.8, 4) is 0 Å². The topological polar surface area (TPSA) is 78.5 Å². The highest BCUT2D eigenvalue weighted by molar-refractivity contribution is 7.89. The fraction of sp³-hybridized carbons (Fsp3) is 0.409. The molecule has 2 aromatic rings. The van der Waals surface area contributed by atoms with Gasteiger partial charge in [0.2, 0.25) is 15.9 Å². The minimum absolute atomic E-state index is 0.184. The minimum Gasteiger partial charge on any atom is -0.374 e. The normalized spacial score (nSPS) is 16.2. The van der Waals surface area contributed by atoms with Crippen LogP contribution in [0, 0.1) is 13.8 Å². The fourth-order valence-electron chi connectivity index (χ4n) is 3.59. The lowest BCUT2D eigenvalue weighted by atomic mass is 10.1. The average Bonchev–Trinajstić information content (AvgIpc) is 2.68. The molecule has 7 heteroatoms. The second-order valence-corrected chi connectivity index (χ2v) is 9.66. The van der Waals surface area contributed by atoms with Crippen LogP contribution in [0.2, 0.25) is 0 Å². The van der Waals surface area contributed by atoms with Gasteiger partial charge >= 0.3 is 0 Å². The van der Waals surface area contributed by atoms with Crippen molar-refractivity contribution < 1.29 is 13.2 Å². The molecule has 156 valence electrons. The summed E-state index contributed by atoms with van der Waals surface area (Å²) >= 11 is 0. The lowest BCUT2D eigenvalue weighted by Crippen LogP contribution is -2.35. The molecule has 1 aliphatic heterocycles. The molecule has 6 nitrogen and oxygen atoms in total. The quantitative estimate of drug-likeness (QED) is 0.750. The summed E-state index contributed by atoms with van der Waals surface area (Å²) in [5, 5.41) is 6.05. The van der Waals surface area contributed by atoms with Gasteiger partial charge in [-0.05, 0) is 81.1 Å². The molecule has 0 bridgehead atoms. The Labute approximate surface area is 173 Å². The lowest BCUT2D eigenvalue weighted by molar-refractivity contribution is -0.116. The number of carbonyl (C=O) groups excluding carboxylic acids is 1. The molecule has 1 fully saturated rings. The van der Waals surface area contributed by atoms with E-state index in [1.54, 1.807) is 35.5 Å². The van der Waals surface area contributed by atoms with E-state index in [0.29, 0.717) is 18.8 Å². The predicted octanol–water partition coefficient (Wildman–Crippen LogP) is 3.92. The largest absolute Gasteiger partial charge is 0.374 e. The molecule has 29 heavy (non-hydrogen) atoms. The van der Waals surface area contributed by atoms with Gasteiger partial charge in [0.15, 0.2) is 0 Å². The number of aryl methyl sites for hydroxylation is 2. The molecule has 0 radical (unpaired) electrons. The first-order valence-corrected chi connectivity index (χ1v) is 11.5. The average molecular weight is 416 g/mol. The van der Waals surface area contributed by atoms with Crippen molar-refractivity contribution >= 4 is 27.3 Å². The van der Waals surface area contributed by atoms with Crippen molar-refractivity contribution in [2.24, 2.45) is 0 Å². The standard InChI is InChI=1S/C22H29N3O3S/c1-16-13-17(2)15-20(14-16)23-18(3)22(26)24-19-7-9-21(10-8-19)29(27,28)25-11-5-4-6-12-25/h7-10,13-15,18,23H,4-6,11-12H2,1-3H3,(H,24,26). The molecule has 3 rings (SSSR count). The van der Waals surface area contributed by atoms with Gasteiger partial charge in [0, 0.05) is 24.5 Å². The molecule has 0 spiro atoms. The van der Waals surface area contributed by atoms with Crippen LogP contribution < -0.4 is 10.6 Å². The van der Waals surface area contributed by atoms with E-state index in [-0.39, 0.29) is 10.8 Å². The molecule has 1 aliphatic rings. The number of sulfonamides is 1. The summed E-state index contributed by atoms with van der Waals surface area (Å²) in [6.07, 6.45) is 2.88. The van der Waals surface area contributed by atoms with E-state index in [2.05, 4.69) is 16.7 Å². The van der Waals surface area contributed by atoms with Crippen LogP contribution in [-0.2, 0) is 14.8 Å². The number of nitrogens with one attached hydrogen (secondary N) is 2.